The number of carboxylic acid groups (broad SMARTS) is 1. The van der Waals surface area contributed by atoms with Crippen molar-refractivity contribution in [1.29, 1.82) is 0 Å². The number of anilines is 1. The fraction of sp³-hybridized carbons (Fsp3) is 0.200. The van der Waals surface area contributed by atoms with E-state index < -0.39 is 5.97 Å². The number of rotatable bonds is 4. The quantitative estimate of drug-likeness (QED) is 0.844. The van der Waals surface area contributed by atoms with Gasteiger partial charge in [0.25, 0.3) is 5.91 Å². The van der Waals surface area contributed by atoms with Crippen LogP contribution in [0.2, 0.25) is 0 Å². The van der Waals surface area contributed by atoms with Crippen molar-refractivity contribution in [1.82, 2.24) is 0 Å². The Bertz CT molecular complexity index is 709. The van der Waals surface area contributed by atoms with Crippen LogP contribution in [0.5, 0.6) is 0 Å². The van der Waals surface area contributed by atoms with E-state index in [1.54, 1.807) is 6.07 Å². The normalized spacial score (nSPS) is 10.4. The Morgan fingerprint density at radius 1 is 1.29 bits per heavy atom. The van der Waals surface area contributed by atoms with Gasteiger partial charge in [0.2, 0.25) is 0 Å². The molecule has 0 unspecified atom stereocenters. The summed E-state index contributed by atoms with van der Waals surface area (Å²) < 4.78 is 0.606. The lowest BCUT2D eigenvalue weighted by Gasteiger charge is -2.06. The van der Waals surface area contributed by atoms with Crippen LogP contribution in [0.4, 0.5) is 5.69 Å². The van der Waals surface area contributed by atoms with Gasteiger partial charge in [-0.1, -0.05) is 22.9 Å². The Hall–Kier alpha value is -1.66. The third kappa shape index (κ3) is 3.71. The van der Waals surface area contributed by atoms with Crippen LogP contribution in [0.15, 0.2) is 28.7 Å². The third-order valence-corrected chi connectivity index (χ3v) is 4.58. The van der Waals surface area contributed by atoms with E-state index in [0.29, 0.717) is 15.0 Å². The van der Waals surface area contributed by atoms with E-state index in [9.17, 15) is 9.59 Å². The minimum absolute atomic E-state index is 0.122. The van der Waals surface area contributed by atoms with E-state index in [2.05, 4.69) is 21.2 Å². The minimum Gasteiger partial charge on any atom is -0.478 e. The lowest BCUT2D eigenvalue weighted by molar-refractivity contribution is 0.0696. The summed E-state index contributed by atoms with van der Waals surface area (Å²) in [5.74, 6) is -1.26. The molecular weight excluding hydrogens is 354 g/mol. The molecule has 110 valence electrons. The predicted octanol–water partition coefficient (Wildman–Crippen LogP) is 4.33. The maximum absolute atomic E-state index is 12.2. The van der Waals surface area contributed by atoms with Gasteiger partial charge in [-0.3, -0.25) is 4.79 Å². The highest BCUT2D eigenvalue weighted by Gasteiger charge is 2.13. The van der Waals surface area contributed by atoms with E-state index >= 15 is 0 Å². The average molecular weight is 368 g/mol. The summed E-state index contributed by atoms with van der Waals surface area (Å²) in [4.78, 5) is 25.0. The zero-order valence-corrected chi connectivity index (χ0v) is 14.0. The van der Waals surface area contributed by atoms with Gasteiger partial charge in [0.05, 0.1) is 10.4 Å². The monoisotopic (exact) mass is 367 g/mol. The summed E-state index contributed by atoms with van der Waals surface area (Å²) in [5, 5.41) is 11.8. The van der Waals surface area contributed by atoms with Crippen LogP contribution in [-0.2, 0) is 6.42 Å². The summed E-state index contributed by atoms with van der Waals surface area (Å²) in [6.07, 6.45) is 0.885. The Morgan fingerprint density at radius 2 is 2.00 bits per heavy atom. The Labute approximate surface area is 134 Å². The highest BCUT2D eigenvalue weighted by molar-refractivity contribution is 9.10. The maximum Gasteiger partial charge on any atom is 0.335 e. The number of amides is 1. The molecule has 0 atom stereocenters. The first-order valence-electron chi connectivity index (χ1n) is 6.35. The number of hydrogen-bond acceptors (Lipinski definition) is 3. The Morgan fingerprint density at radius 3 is 2.57 bits per heavy atom. The molecule has 0 fully saturated rings. The van der Waals surface area contributed by atoms with Crippen LogP contribution in [0.3, 0.4) is 0 Å². The first-order valence-corrected chi connectivity index (χ1v) is 7.96. The molecule has 1 aromatic heterocycles. The number of benzene rings is 1. The van der Waals surface area contributed by atoms with Gasteiger partial charge in [-0.05, 0) is 43.2 Å². The standard InChI is InChI=1S/C15H14BrNO3S/c1-3-9-6-13(21-8(9)2)14(18)17-12-5-10(15(19)20)4-11(16)7-12/h4-7H,3H2,1-2H3,(H,17,18)(H,19,20). The zero-order valence-electron chi connectivity index (χ0n) is 11.6. The maximum atomic E-state index is 12.2. The van der Waals surface area contributed by atoms with E-state index in [4.69, 9.17) is 5.11 Å². The van der Waals surface area contributed by atoms with Crippen LogP contribution in [0.25, 0.3) is 0 Å². The molecule has 0 bridgehead atoms. The third-order valence-electron chi connectivity index (χ3n) is 3.03. The SMILES string of the molecule is CCc1cc(C(=O)Nc2cc(Br)cc(C(=O)O)c2)sc1C. The summed E-state index contributed by atoms with van der Waals surface area (Å²) in [5.41, 5.74) is 1.73. The first kappa shape index (κ1) is 15.7. The largest absolute Gasteiger partial charge is 0.478 e. The predicted molar refractivity (Wildman–Crippen MR) is 87.5 cm³/mol. The number of carbonyl (C=O) groups is 2. The number of aromatic carboxylic acids is 1. The molecule has 4 nitrogen and oxygen atoms in total. The fourth-order valence-electron chi connectivity index (χ4n) is 1.96. The van der Waals surface area contributed by atoms with E-state index in [1.165, 1.54) is 23.5 Å². The highest BCUT2D eigenvalue weighted by Crippen LogP contribution is 2.24. The molecule has 6 heteroatoms. The van der Waals surface area contributed by atoms with Crippen LogP contribution in [0, 0.1) is 6.92 Å². The number of hydrogen-bond donors (Lipinski definition) is 2. The summed E-state index contributed by atoms with van der Waals surface area (Å²) in [6, 6.07) is 6.48. The molecule has 0 saturated heterocycles. The van der Waals surface area contributed by atoms with Gasteiger partial charge in [0.15, 0.2) is 0 Å². The number of thiophene rings is 1. The van der Waals surface area contributed by atoms with Crippen LogP contribution < -0.4 is 5.32 Å². The molecule has 2 rings (SSSR count). The topological polar surface area (TPSA) is 66.4 Å². The fourth-order valence-corrected chi connectivity index (χ4v) is 3.46. The second-order valence-corrected chi connectivity index (χ2v) is 6.71. The lowest BCUT2D eigenvalue weighted by atomic mass is 10.2. The molecule has 0 radical (unpaired) electrons. The van der Waals surface area contributed by atoms with Crippen molar-refractivity contribution in [2.75, 3.05) is 5.32 Å². The van der Waals surface area contributed by atoms with Gasteiger partial charge in [0, 0.05) is 15.0 Å². The molecule has 2 aromatic rings. The Balaban J connectivity index is 2.24. The van der Waals surface area contributed by atoms with E-state index in [0.717, 1.165) is 16.9 Å². The second kappa shape index (κ2) is 6.41. The molecule has 0 aliphatic heterocycles. The highest BCUT2D eigenvalue weighted by atomic mass is 79.9. The van der Waals surface area contributed by atoms with Gasteiger partial charge in [0.1, 0.15) is 0 Å². The van der Waals surface area contributed by atoms with Crippen molar-refractivity contribution in [3.05, 3.63) is 49.6 Å². The zero-order chi connectivity index (χ0) is 15.6. The van der Waals surface area contributed by atoms with Gasteiger partial charge < -0.3 is 10.4 Å². The van der Waals surface area contributed by atoms with Crippen molar-refractivity contribution in [3.63, 3.8) is 0 Å². The van der Waals surface area contributed by atoms with Crippen LogP contribution in [0.1, 0.15) is 37.4 Å². The average Bonchev–Trinajstić information content (AvgIpc) is 2.79. The van der Waals surface area contributed by atoms with Crippen LogP contribution in [-0.4, -0.2) is 17.0 Å². The minimum atomic E-state index is -1.04. The van der Waals surface area contributed by atoms with E-state index in [1.807, 2.05) is 19.9 Å². The number of halogens is 1. The van der Waals surface area contributed by atoms with E-state index in [-0.39, 0.29) is 11.5 Å². The van der Waals surface area contributed by atoms with Gasteiger partial charge in [-0.2, -0.15) is 0 Å². The molecule has 0 aliphatic carbocycles. The number of aryl methyl sites for hydroxylation is 2. The van der Waals surface area contributed by atoms with Crippen molar-refractivity contribution in [2.45, 2.75) is 20.3 Å². The molecule has 2 N–H and O–H groups in total. The Kier molecular flexibility index (Phi) is 4.80. The molecule has 1 amide bonds. The van der Waals surface area contributed by atoms with Gasteiger partial charge >= 0.3 is 5.97 Å². The van der Waals surface area contributed by atoms with Crippen LogP contribution >= 0.6 is 27.3 Å². The number of nitrogens with one attached hydrogen (secondary N) is 1. The molecule has 0 aliphatic rings. The van der Waals surface area contributed by atoms with Crippen molar-refractivity contribution < 1.29 is 14.7 Å². The summed E-state index contributed by atoms with van der Waals surface area (Å²) in [7, 11) is 0. The molecule has 21 heavy (non-hydrogen) atoms. The molecule has 0 spiro atoms. The molecule has 1 heterocycles. The molecule has 1 aromatic carbocycles. The number of carboxylic acids is 1. The molecular formula is C15H14BrNO3S. The number of carbonyl (C=O) groups excluding carboxylic acids is 1. The first-order chi connectivity index (χ1) is 9.90. The van der Waals surface area contributed by atoms with Crippen molar-refractivity contribution in [3.8, 4) is 0 Å². The lowest BCUT2D eigenvalue weighted by Crippen LogP contribution is -2.11. The van der Waals surface area contributed by atoms with Crippen molar-refractivity contribution in [2.24, 2.45) is 0 Å². The van der Waals surface area contributed by atoms with Gasteiger partial charge in [-0.15, -0.1) is 11.3 Å². The van der Waals surface area contributed by atoms with Crippen molar-refractivity contribution >= 4 is 44.8 Å². The summed E-state index contributed by atoms with van der Waals surface area (Å²) in [6.45, 7) is 4.03. The second-order valence-electron chi connectivity index (χ2n) is 4.53. The van der Waals surface area contributed by atoms with Gasteiger partial charge in [-0.25, -0.2) is 4.79 Å². The molecule has 0 saturated carbocycles. The smallest absolute Gasteiger partial charge is 0.335 e. The summed E-state index contributed by atoms with van der Waals surface area (Å²) >= 11 is 4.68.